The van der Waals surface area contributed by atoms with Gasteiger partial charge in [0.05, 0.1) is 11.4 Å². The Morgan fingerprint density at radius 3 is 2.95 bits per heavy atom. The van der Waals surface area contributed by atoms with E-state index >= 15 is 0 Å². The van der Waals surface area contributed by atoms with Gasteiger partial charge in [0, 0.05) is 12.2 Å². The molecule has 1 aliphatic rings. The second kappa shape index (κ2) is 4.94. The predicted molar refractivity (Wildman–Crippen MR) is 78.9 cm³/mol. The molecule has 0 unspecified atom stereocenters. The molecule has 0 saturated carbocycles. The first-order chi connectivity index (χ1) is 9.65. The number of para-hydroxylation sites is 2. The van der Waals surface area contributed by atoms with Gasteiger partial charge in [-0.25, -0.2) is 4.98 Å². The van der Waals surface area contributed by atoms with Crippen LogP contribution in [0.25, 0.3) is 0 Å². The number of carbonyl (C=O) groups excluding carboxylic acids is 1. The van der Waals surface area contributed by atoms with Gasteiger partial charge in [-0.15, -0.1) is 0 Å². The Kier molecular flexibility index (Phi) is 3.12. The van der Waals surface area contributed by atoms with Gasteiger partial charge >= 0.3 is 0 Å². The van der Waals surface area contributed by atoms with Gasteiger partial charge in [-0.3, -0.25) is 4.79 Å². The van der Waals surface area contributed by atoms with Crippen LogP contribution in [0.4, 0.5) is 17.2 Å². The van der Waals surface area contributed by atoms with Crippen LogP contribution in [-0.2, 0) is 4.79 Å². The summed E-state index contributed by atoms with van der Waals surface area (Å²) in [4.78, 5) is 18.1. The van der Waals surface area contributed by atoms with Gasteiger partial charge in [0.1, 0.15) is 12.4 Å². The van der Waals surface area contributed by atoms with Crippen molar-refractivity contribution in [1.82, 2.24) is 4.98 Å². The number of fused-ring (bicyclic) bond motifs is 1. The maximum atomic E-state index is 11.8. The molecule has 102 valence electrons. The van der Waals surface area contributed by atoms with Gasteiger partial charge < -0.3 is 16.0 Å². The van der Waals surface area contributed by atoms with Crippen LogP contribution in [0.1, 0.15) is 18.5 Å². The molecule has 1 aromatic heterocycles. The average Bonchev–Trinajstić information content (AvgIpc) is 2.46. The molecule has 0 saturated heterocycles. The highest BCUT2D eigenvalue weighted by molar-refractivity contribution is 6.02. The van der Waals surface area contributed by atoms with E-state index in [1.807, 2.05) is 48.2 Å². The van der Waals surface area contributed by atoms with Crippen LogP contribution in [0, 0.1) is 0 Å². The van der Waals surface area contributed by atoms with E-state index in [4.69, 9.17) is 5.73 Å². The van der Waals surface area contributed by atoms with Crippen LogP contribution in [0.5, 0.6) is 0 Å². The number of amides is 1. The first-order valence-corrected chi connectivity index (χ1v) is 6.53. The molecular formula is C15H16N4O. The Hall–Kier alpha value is -2.40. The first-order valence-electron chi connectivity index (χ1n) is 6.53. The molecule has 2 heterocycles. The SMILES string of the molecule is C[C@@H](N)c1ccnc(N2CC(=O)Nc3ccccc32)c1. The molecule has 3 rings (SSSR count). The Balaban J connectivity index is 2.06. The average molecular weight is 268 g/mol. The molecule has 0 bridgehead atoms. The summed E-state index contributed by atoms with van der Waals surface area (Å²) < 4.78 is 0. The van der Waals surface area contributed by atoms with E-state index in [0.29, 0.717) is 0 Å². The maximum absolute atomic E-state index is 11.8. The molecule has 1 aliphatic heterocycles. The Labute approximate surface area is 117 Å². The largest absolute Gasteiger partial charge is 0.324 e. The highest BCUT2D eigenvalue weighted by Gasteiger charge is 2.23. The second-order valence-electron chi connectivity index (χ2n) is 4.89. The highest BCUT2D eigenvalue weighted by Crippen LogP contribution is 2.34. The number of rotatable bonds is 2. The summed E-state index contributed by atoms with van der Waals surface area (Å²) in [7, 11) is 0. The Morgan fingerprint density at radius 2 is 2.15 bits per heavy atom. The monoisotopic (exact) mass is 268 g/mol. The lowest BCUT2D eigenvalue weighted by atomic mass is 10.1. The molecule has 0 fully saturated rings. The van der Waals surface area contributed by atoms with Gasteiger partial charge in [-0.05, 0) is 36.8 Å². The number of anilines is 3. The quantitative estimate of drug-likeness (QED) is 0.875. The van der Waals surface area contributed by atoms with E-state index in [9.17, 15) is 4.79 Å². The van der Waals surface area contributed by atoms with Crippen molar-refractivity contribution in [2.45, 2.75) is 13.0 Å². The van der Waals surface area contributed by atoms with Crippen LogP contribution in [0.15, 0.2) is 42.6 Å². The Bertz CT molecular complexity index is 654. The van der Waals surface area contributed by atoms with Crippen LogP contribution >= 0.6 is 0 Å². The van der Waals surface area contributed by atoms with Gasteiger partial charge in [0.15, 0.2) is 0 Å². The van der Waals surface area contributed by atoms with Crippen molar-refractivity contribution in [3.8, 4) is 0 Å². The standard InChI is InChI=1S/C15H16N4O/c1-10(16)11-6-7-17-14(8-11)19-9-15(20)18-12-4-2-3-5-13(12)19/h2-8,10H,9,16H2,1H3,(H,18,20)/t10-/m1/s1. The van der Waals surface area contributed by atoms with Crippen molar-refractivity contribution in [2.24, 2.45) is 5.73 Å². The molecule has 3 N–H and O–H groups in total. The fourth-order valence-corrected chi connectivity index (χ4v) is 2.30. The molecule has 0 radical (unpaired) electrons. The number of hydrogen-bond donors (Lipinski definition) is 2. The zero-order valence-electron chi connectivity index (χ0n) is 11.2. The van der Waals surface area contributed by atoms with Gasteiger partial charge in [0.2, 0.25) is 5.91 Å². The van der Waals surface area contributed by atoms with E-state index < -0.39 is 0 Å². The van der Waals surface area contributed by atoms with Crippen molar-refractivity contribution in [1.29, 1.82) is 0 Å². The zero-order valence-corrected chi connectivity index (χ0v) is 11.2. The number of nitrogens with two attached hydrogens (primary N) is 1. The lowest BCUT2D eigenvalue weighted by molar-refractivity contribution is -0.115. The first kappa shape index (κ1) is 12.6. The van der Waals surface area contributed by atoms with E-state index in [1.165, 1.54) is 0 Å². The summed E-state index contributed by atoms with van der Waals surface area (Å²) in [6, 6.07) is 11.5. The number of benzene rings is 1. The fourth-order valence-electron chi connectivity index (χ4n) is 2.30. The topological polar surface area (TPSA) is 71.2 Å². The zero-order chi connectivity index (χ0) is 14.1. The number of pyridine rings is 1. The Morgan fingerprint density at radius 1 is 1.35 bits per heavy atom. The molecule has 1 atom stereocenters. The van der Waals surface area contributed by atoms with E-state index in [2.05, 4.69) is 10.3 Å². The van der Waals surface area contributed by atoms with Crippen molar-refractivity contribution < 1.29 is 4.79 Å². The smallest absolute Gasteiger partial charge is 0.244 e. The highest BCUT2D eigenvalue weighted by atomic mass is 16.2. The van der Waals surface area contributed by atoms with Crippen LogP contribution in [0.2, 0.25) is 0 Å². The summed E-state index contributed by atoms with van der Waals surface area (Å²) in [6.07, 6.45) is 1.73. The summed E-state index contributed by atoms with van der Waals surface area (Å²) in [5.74, 6) is 0.693. The number of hydrogen-bond acceptors (Lipinski definition) is 4. The van der Waals surface area contributed by atoms with Crippen molar-refractivity contribution in [3.05, 3.63) is 48.2 Å². The number of nitrogens with zero attached hydrogens (tertiary/aromatic N) is 2. The summed E-state index contributed by atoms with van der Waals surface area (Å²) >= 11 is 0. The predicted octanol–water partition coefficient (Wildman–Crippen LogP) is 2.19. The fraction of sp³-hybridized carbons (Fsp3) is 0.200. The van der Waals surface area contributed by atoms with Gasteiger partial charge in [0.25, 0.3) is 0 Å². The molecule has 2 aromatic rings. The second-order valence-corrected chi connectivity index (χ2v) is 4.89. The normalized spacial score (nSPS) is 15.5. The van der Waals surface area contributed by atoms with Crippen LogP contribution in [-0.4, -0.2) is 17.4 Å². The minimum atomic E-state index is -0.0642. The molecule has 5 nitrogen and oxygen atoms in total. The van der Waals surface area contributed by atoms with Crippen molar-refractivity contribution in [3.63, 3.8) is 0 Å². The molecule has 1 aromatic carbocycles. The van der Waals surface area contributed by atoms with E-state index in [-0.39, 0.29) is 18.5 Å². The lowest BCUT2D eigenvalue weighted by Crippen LogP contribution is -2.35. The maximum Gasteiger partial charge on any atom is 0.244 e. The third-order valence-corrected chi connectivity index (χ3v) is 3.34. The minimum absolute atomic E-state index is 0.0447. The van der Waals surface area contributed by atoms with Gasteiger partial charge in [-0.2, -0.15) is 0 Å². The van der Waals surface area contributed by atoms with Crippen molar-refractivity contribution >= 4 is 23.1 Å². The lowest BCUT2D eigenvalue weighted by Gasteiger charge is -2.30. The van der Waals surface area contributed by atoms with Crippen LogP contribution < -0.4 is 16.0 Å². The summed E-state index contributed by atoms with van der Waals surface area (Å²) in [6.45, 7) is 2.18. The molecular weight excluding hydrogens is 252 g/mol. The van der Waals surface area contributed by atoms with E-state index in [0.717, 1.165) is 22.8 Å². The van der Waals surface area contributed by atoms with Crippen molar-refractivity contribution in [2.75, 3.05) is 16.8 Å². The number of aromatic nitrogens is 1. The molecule has 1 amide bonds. The number of carbonyl (C=O) groups is 1. The minimum Gasteiger partial charge on any atom is -0.324 e. The molecule has 20 heavy (non-hydrogen) atoms. The summed E-state index contributed by atoms with van der Waals surface area (Å²) in [5.41, 5.74) is 8.66. The van der Waals surface area contributed by atoms with Crippen LogP contribution in [0.3, 0.4) is 0 Å². The van der Waals surface area contributed by atoms with E-state index in [1.54, 1.807) is 6.20 Å². The van der Waals surface area contributed by atoms with Gasteiger partial charge in [-0.1, -0.05) is 12.1 Å². The third kappa shape index (κ3) is 2.23. The third-order valence-electron chi connectivity index (χ3n) is 3.34. The molecule has 0 spiro atoms. The summed E-state index contributed by atoms with van der Waals surface area (Å²) in [5, 5.41) is 2.86. The molecule has 5 heteroatoms. The number of nitrogens with one attached hydrogen (secondary N) is 1. The molecule has 0 aliphatic carbocycles.